The van der Waals surface area contributed by atoms with E-state index in [1.54, 1.807) is 0 Å². The van der Waals surface area contributed by atoms with Crippen LogP contribution in [0, 0.1) is 0 Å². The molecule has 2 unspecified atom stereocenters. The summed E-state index contributed by atoms with van der Waals surface area (Å²) in [6.07, 6.45) is 4.62. The molecule has 0 aromatic heterocycles. The van der Waals surface area contributed by atoms with Crippen molar-refractivity contribution in [1.29, 1.82) is 0 Å². The highest BCUT2D eigenvalue weighted by Crippen LogP contribution is 2.32. The van der Waals surface area contributed by atoms with Gasteiger partial charge in [-0.25, -0.2) is 0 Å². The Morgan fingerprint density at radius 1 is 1.14 bits per heavy atom. The summed E-state index contributed by atoms with van der Waals surface area (Å²) in [5.41, 5.74) is 1.74. The Hall–Kier alpha value is 0.170. The first-order valence-corrected chi connectivity index (χ1v) is 3.89. The summed E-state index contributed by atoms with van der Waals surface area (Å²) < 4.78 is 0. The van der Waals surface area contributed by atoms with Crippen LogP contribution in [0.1, 0.15) is 13.8 Å². The average molecular weight is 114 g/mol. The largest absolute Gasteiger partial charge is 0.108 e. The van der Waals surface area contributed by atoms with E-state index in [0.717, 1.165) is 19.9 Å². The second-order valence-electron chi connectivity index (χ2n) is 2.13. The molecule has 0 bridgehead atoms. The summed E-state index contributed by atoms with van der Waals surface area (Å²) in [6.45, 7) is 4.55. The lowest BCUT2D eigenvalue weighted by atomic mass is 10.4. The van der Waals surface area contributed by atoms with Gasteiger partial charge in [-0.2, -0.15) is 0 Å². The molecule has 0 fully saturated rings. The van der Waals surface area contributed by atoms with Crippen LogP contribution in [0.15, 0.2) is 12.2 Å². The first-order chi connectivity index (χ1) is 3.29. The fourth-order valence-corrected chi connectivity index (χ4v) is 2.13. The van der Waals surface area contributed by atoms with Gasteiger partial charge in [0.2, 0.25) is 0 Å². The van der Waals surface area contributed by atoms with E-state index < -0.39 is 0 Å². The highest BCUT2D eigenvalue weighted by molar-refractivity contribution is 7.40. The molecule has 0 nitrogen and oxygen atoms in total. The van der Waals surface area contributed by atoms with E-state index in [0.29, 0.717) is 0 Å². The first-order valence-electron chi connectivity index (χ1n) is 2.73. The molecule has 0 saturated heterocycles. The highest BCUT2D eigenvalue weighted by Gasteiger charge is 2.07. The van der Waals surface area contributed by atoms with Gasteiger partial charge in [-0.05, 0) is 11.3 Å². The Morgan fingerprint density at radius 2 is 1.57 bits per heavy atom. The SMILES string of the molecule is CC1C=CC(C)P1. The maximum Gasteiger partial charge on any atom is -0.00802 e. The van der Waals surface area contributed by atoms with Gasteiger partial charge in [0.05, 0.1) is 0 Å². The number of hydrogen-bond donors (Lipinski definition) is 0. The smallest absolute Gasteiger partial charge is 0.00802 e. The predicted octanol–water partition coefficient (Wildman–Crippen LogP) is 2.01. The van der Waals surface area contributed by atoms with Gasteiger partial charge in [-0.1, -0.05) is 26.0 Å². The Balaban J connectivity index is 2.42. The first kappa shape index (κ1) is 5.31. The van der Waals surface area contributed by atoms with Gasteiger partial charge in [-0.15, -0.1) is 8.58 Å². The lowest BCUT2D eigenvalue weighted by molar-refractivity contribution is 1.25. The zero-order valence-electron chi connectivity index (χ0n) is 4.81. The van der Waals surface area contributed by atoms with E-state index in [9.17, 15) is 0 Å². The average Bonchev–Trinajstić information content (AvgIpc) is 1.87. The van der Waals surface area contributed by atoms with Crippen molar-refractivity contribution in [1.82, 2.24) is 0 Å². The van der Waals surface area contributed by atoms with Crippen LogP contribution in [0.25, 0.3) is 0 Å². The number of allylic oxidation sites excluding steroid dienone is 2. The van der Waals surface area contributed by atoms with Crippen molar-refractivity contribution < 1.29 is 0 Å². The molecule has 40 valence electrons. The van der Waals surface area contributed by atoms with Crippen LogP contribution in [0.3, 0.4) is 0 Å². The third-order valence-electron chi connectivity index (χ3n) is 1.21. The Kier molecular flexibility index (Phi) is 1.49. The summed E-state index contributed by atoms with van der Waals surface area (Å²) in [5, 5.41) is 0. The van der Waals surface area contributed by atoms with Gasteiger partial charge in [-0.3, -0.25) is 0 Å². The molecule has 1 aliphatic rings. The molecule has 0 N–H and O–H groups in total. The van der Waals surface area contributed by atoms with Gasteiger partial charge in [0.25, 0.3) is 0 Å². The zero-order valence-corrected chi connectivity index (χ0v) is 5.81. The summed E-state index contributed by atoms with van der Waals surface area (Å²) >= 11 is 0. The van der Waals surface area contributed by atoms with Crippen molar-refractivity contribution in [3.05, 3.63) is 12.2 Å². The monoisotopic (exact) mass is 114 g/mol. The topological polar surface area (TPSA) is 0 Å². The van der Waals surface area contributed by atoms with Crippen LogP contribution in [-0.2, 0) is 0 Å². The molecule has 2 atom stereocenters. The molecule has 0 saturated carbocycles. The predicted molar refractivity (Wildman–Crippen MR) is 36.4 cm³/mol. The van der Waals surface area contributed by atoms with Crippen LogP contribution in [0.4, 0.5) is 0 Å². The zero-order chi connectivity index (χ0) is 5.28. The Bertz CT molecular complexity index is 76.2. The third-order valence-corrected chi connectivity index (χ3v) is 2.65. The molecule has 0 aromatic carbocycles. The third kappa shape index (κ3) is 1.28. The van der Waals surface area contributed by atoms with Crippen molar-refractivity contribution >= 4 is 8.58 Å². The summed E-state index contributed by atoms with van der Waals surface area (Å²) in [5.74, 6) is 0. The second-order valence-corrected chi connectivity index (χ2v) is 4.28. The normalized spacial score (nSPS) is 43.1. The molecule has 0 aliphatic carbocycles. The van der Waals surface area contributed by atoms with Crippen LogP contribution in [0.2, 0.25) is 0 Å². The molecular weight excluding hydrogens is 103 g/mol. The van der Waals surface area contributed by atoms with Gasteiger partial charge < -0.3 is 0 Å². The van der Waals surface area contributed by atoms with E-state index in [4.69, 9.17) is 0 Å². The minimum absolute atomic E-state index is 0.870. The quantitative estimate of drug-likeness (QED) is 0.334. The Labute approximate surface area is 46.8 Å². The van der Waals surface area contributed by atoms with E-state index in [1.807, 2.05) is 0 Å². The minimum Gasteiger partial charge on any atom is -0.108 e. The highest BCUT2D eigenvalue weighted by atomic mass is 31.1. The molecule has 7 heavy (non-hydrogen) atoms. The molecule has 0 radical (unpaired) electrons. The van der Waals surface area contributed by atoms with Crippen molar-refractivity contribution in [2.75, 3.05) is 0 Å². The van der Waals surface area contributed by atoms with Crippen molar-refractivity contribution in [3.8, 4) is 0 Å². The molecule has 1 heteroatoms. The second kappa shape index (κ2) is 1.96. The van der Waals surface area contributed by atoms with Crippen LogP contribution in [0.5, 0.6) is 0 Å². The van der Waals surface area contributed by atoms with E-state index in [1.165, 1.54) is 0 Å². The number of hydrogen-bond acceptors (Lipinski definition) is 0. The van der Waals surface area contributed by atoms with Crippen LogP contribution in [-0.4, -0.2) is 11.3 Å². The molecule has 1 aliphatic heterocycles. The standard InChI is InChI=1S/C6H11P/c1-5-3-4-6(2)7-5/h3-7H,1-2H3. The molecule has 0 spiro atoms. The lowest BCUT2D eigenvalue weighted by Gasteiger charge is -1.98. The van der Waals surface area contributed by atoms with Gasteiger partial charge >= 0.3 is 0 Å². The van der Waals surface area contributed by atoms with Crippen molar-refractivity contribution in [2.24, 2.45) is 0 Å². The van der Waals surface area contributed by atoms with Gasteiger partial charge in [0.1, 0.15) is 0 Å². The Morgan fingerprint density at radius 3 is 1.71 bits per heavy atom. The van der Waals surface area contributed by atoms with E-state index in [-0.39, 0.29) is 0 Å². The molecule has 0 aromatic rings. The maximum atomic E-state index is 2.31. The van der Waals surface area contributed by atoms with E-state index in [2.05, 4.69) is 26.0 Å². The van der Waals surface area contributed by atoms with Crippen LogP contribution >= 0.6 is 8.58 Å². The molecule has 1 rings (SSSR count). The maximum absolute atomic E-state index is 2.31. The van der Waals surface area contributed by atoms with Crippen LogP contribution < -0.4 is 0 Å². The lowest BCUT2D eigenvalue weighted by Crippen LogP contribution is -1.83. The number of rotatable bonds is 0. The summed E-state index contributed by atoms with van der Waals surface area (Å²) in [4.78, 5) is 0. The van der Waals surface area contributed by atoms with Gasteiger partial charge in [0.15, 0.2) is 0 Å². The minimum atomic E-state index is 0.870. The molecule has 0 amide bonds. The van der Waals surface area contributed by atoms with Crippen molar-refractivity contribution in [3.63, 3.8) is 0 Å². The fraction of sp³-hybridized carbons (Fsp3) is 0.667. The molecule has 1 heterocycles. The van der Waals surface area contributed by atoms with E-state index >= 15 is 0 Å². The molecular formula is C6H11P. The summed E-state index contributed by atoms with van der Waals surface area (Å²) in [6, 6.07) is 0. The van der Waals surface area contributed by atoms with Gasteiger partial charge in [0, 0.05) is 0 Å². The van der Waals surface area contributed by atoms with Crippen molar-refractivity contribution in [2.45, 2.75) is 25.2 Å². The fourth-order valence-electron chi connectivity index (χ4n) is 0.859. The summed E-state index contributed by atoms with van der Waals surface area (Å²) in [7, 11) is 1.15.